The van der Waals surface area contributed by atoms with Gasteiger partial charge >= 0.3 is 0 Å². The maximum absolute atomic E-state index is 3.85. The van der Waals surface area contributed by atoms with Crippen molar-refractivity contribution < 1.29 is 0 Å². The van der Waals surface area contributed by atoms with Crippen molar-refractivity contribution >= 4 is 33.6 Å². The van der Waals surface area contributed by atoms with Gasteiger partial charge in [0.15, 0.2) is 0 Å². The molecule has 0 aliphatic rings. The maximum atomic E-state index is 3.85. The van der Waals surface area contributed by atoms with Crippen molar-refractivity contribution in [3.63, 3.8) is 0 Å². The first kappa shape index (κ1) is 9.22. The Labute approximate surface area is 88.2 Å². The Hall–Kier alpha value is -1.34. The second-order valence-corrected chi connectivity index (χ2v) is 4.16. The van der Waals surface area contributed by atoms with Gasteiger partial charge < -0.3 is 0 Å². The summed E-state index contributed by atoms with van der Waals surface area (Å²) >= 11 is 1.79. The first-order valence-electron chi connectivity index (χ1n) is 4.63. The lowest BCUT2D eigenvalue weighted by atomic mass is 10.1. The van der Waals surface area contributed by atoms with E-state index in [0.717, 1.165) is 0 Å². The van der Waals surface area contributed by atoms with Crippen LogP contribution in [0, 0.1) is 0 Å². The van der Waals surface area contributed by atoms with E-state index in [0.29, 0.717) is 0 Å². The van der Waals surface area contributed by atoms with Crippen LogP contribution in [0.2, 0.25) is 0 Å². The van der Waals surface area contributed by atoms with Crippen molar-refractivity contribution in [2.24, 2.45) is 0 Å². The average Bonchev–Trinajstić information content (AvgIpc) is 2.58. The summed E-state index contributed by atoms with van der Waals surface area (Å²) in [6, 6.07) is 8.47. The maximum Gasteiger partial charge on any atom is 0.0355 e. The molecule has 1 heterocycles. The van der Waals surface area contributed by atoms with Crippen molar-refractivity contribution in [1.29, 1.82) is 0 Å². The van der Waals surface area contributed by atoms with Crippen LogP contribution in [-0.4, -0.2) is 0 Å². The minimum atomic E-state index is 1.25. The normalized spacial score (nSPS) is 11.2. The summed E-state index contributed by atoms with van der Waals surface area (Å²) in [7, 11) is 0. The van der Waals surface area contributed by atoms with Crippen LogP contribution < -0.4 is 0 Å². The summed E-state index contributed by atoms with van der Waals surface area (Å²) in [6.07, 6.45) is 6.15. The number of fused-ring (bicyclic) bond motifs is 1. The second kappa shape index (κ2) is 3.81. The Kier molecular flexibility index (Phi) is 2.51. The van der Waals surface area contributed by atoms with Gasteiger partial charge in [-0.1, -0.05) is 43.0 Å². The van der Waals surface area contributed by atoms with E-state index < -0.39 is 0 Å². The molecule has 0 saturated carbocycles. The predicted octanol–water partition coefficient (Wildman–Crippen LogP) is 4.58. The Morgan fingerprint density at radius 1 is 1.29 bits per heavy atom. The molecule has 1 heteroatoms. The number of benzene rings is 1. The molecule has 0 atom stereocenters. The molecule has 2 aromatic rings. The summed E-state index contributed by atoms with van der Waals surface area (Å²) in [5.74, 6) is 0. The quantitative estimate of drug-likeness (QED) is 0.665. The van der Waals surface area contributed by atoms with E-state index in [4.69, 9.17) is 0 Å². The van der Waals surface area contributed by atoms with E-state index in [-0.39, 0.29) is 0 Å². The molecule has 0 unspecified atom stereocenters. The topological polar surface area (TPSA) is 0 Å². The van der Waals surface area contributed by atoms with E-state index >= 15 is 0 Å². The Morgan fingerprint density at radius 2 is 2.07 bits per heavy atom. The van der Waals surface area contributed by atoms with E-state index in [1.165, 1.54) is 20.5 Å². The monoisotopic (exact) mass is 200 g/mol. The number of allylic oxidation sites excluding steroid dienone is 1. The standard InChI is InChI=1S/C13H12S/c1-3-7-10-11-8-5-6-9-13(11)14-12(10)4-2/h3-9H,2H2,1H3/b7-3-. The van der Waals surface area contributed by atoms with Gasteiger partial charge in [-0.2, -0.15) is 0 Å². The summed E-state index contributed by atoms with van der Waals surface area (Å²) < 4.78 is 1.33. The van der Waals surface area contributed by atoms with E-state index in [1.807, 2.05) is 13.0 Å². The molecular formula is C13H12S. The lowest BCUT2D eigenvalue weighted by Crippen LogP contribution is -1.70. The van der Waals surface area contributed by atoms with Gasteiger partial charge in [0, 0.05) is 15.0 Å². The minimum Gasteiger partial charge on any atom is -0.135 e. The highest BCUT2D eigenvalue weighted by Crippen LogP contribution is 2.32. The molecule has 0 aliphatic carbocycles. The number of hydrogen-bond donors (Lipinski definition) is 0. The van der Waals surface area contributed by atoms with Crippen LogP contribution >= 0.6 is 11.3 Å². The van der Waals surface area contributed by atoms with Gasteiger partial charge in [0.25, 0.3) is 0 Å². The fraction of sp³-hybridized carbons (Fsp3) is 0.0769. The lowest BCUT2D eigenvalue weighted by molar-refractivity contribution is 1.76. The van der Waals surface area contributed by atoms with Crippen LogP contribution in [-0.2, 0) is 0 Å². The molecule has 14 heavy (non-hydrogen) atoms. The SMILES string of the molecule is C=Cc1sc2ccccc2c1/C=C\C. The van der Waals surface area contributed by atoms with Crippen LogP contribution in [0.5, 0.6) is 0 Å². The summed E-state index contributed by atoms with van der Waals surface area (Å²) in [6.45, 7) is 5.89. The zero-order valence-corrected chi connectivity index (χ0v) is 8.97. The van der Waals surface area contributed by atoms with Gasteiger partial charge in [-0.3, -0.25) is 0 Å². The molecule has 2 rings (SSSR count). The molecule has 0 amide bonds. The minimum absolute atomic E-state index is 1.25. The van der Waals surface area contributed by atoms with E-state index in [1.54, 1.807) is 11.3 Å². The summed E-state index contributed by atoms with van der Waals surface area (Å²) in [4.78, 5) is 1.25. The first-order valence-corrected chi connectivity index (χ1v) is 5.45. The van der Waals surface area contributed by atoms with Crippen LogP contribution in [0.1, 0.15) is 17.4 Å². The first-order chi connectivity index (χ1) is 6.86. The van der Waals surface area contributed by atoms with Gasteiger partial charge in [-0.15, -0.1) is 11.3 Å². The van der Waals surface area contributed by atoms with E-state index in [9.17, 15) is 0 Å². The third kappa shape index (κ3) is 1.40. The van der Waals surface area contributed by atoms with Gasteiger partial charge in [-0.25, -0.2) is 0 Å². The third-order valence-electron chi connectivity index (χ3n) is 2.18. The smallest absolute Gasteiger partial charge is 0.0355 e. The predicted molar refractivity (Wildman–Crippen MR) is 66.6 cm³/mol. The number of hydrogen-bond acceptors (Lipinski definition) is 1. The van der Waals surface area contributed by atoms with Crippen LogP contribution in [0.25, 0.3) is 22.2 Å². The molecule has 1 aromatic heterocycles. The van der Waals surface area contributed by atoms with Crippen LogP contribution in [0.3, 0.4) is 0 Å². The van der Waals surface area contributed by atoms with Crippen molar-refractivity contribution in [1.82, 2.24) is 0 Å². The molecule has 0 N–H and O–H groups in total. The molecule has 70 valence electrons. The summed E-state index contributed by atoms with van der Waals surface area (Å²) in [5.41, 5.74) is 1.29. The fourth-order valence-electron chi connectivity index (χ4n) is 1.57. The van der Waals surface area contributed by atoms with E-state index in [2.05, 4.69) is 43.0 Å². The highest BCUT2D eigenvalue weighted by atomic mass is 32.1. The third-order valence-corrected chi connectivity index (χ3v) is 3.36. The second-order valence-electron chi connectivity index (χ2n) is 3.08. The highest BCUT2D eigenvalue weighted by molar-refractivity contribution is 7.20. The van der Waals surface area contributed by atoms with Crippen molar-refractivity contribution in [2.45, 2.75) is 6.92 Å². The zero-order valence-electron chi connectivity index (χ0n) is 8.16. The molecule has 0 saturated heterocycles. The molecule has 0 fully saturated rings. The lowest BCUT2D eigenvalue weighted by Gasteiger charge is -1.92. The Balaban J connectivity index is 2.80. The molecule has 0 nitrogen and oxygen atoms in total. The van der Waals surface area contributed by atoms with Crippen molar-refractivity contribution in [3.8, 4) is 0 Å². The van der Waals surface area contributed by atoms with Gasteiger partial charge in [0.2, 0.25) is 0 Å². The van der Waals surface area contributed by atoms with Gasteiger partial charge in [0.1, 0.15) is 0 Å². The van der Waals surface area contributed by atoms with Gasteiger partial charge in [0.05, 0.1) is 0 Å². The highest BCUT2D eigenvalue weighted by Gasteiger charge is 2.05. The van der Waals surface area contributed by atoms with Crippen LogP contribution in [0.15, 0.2) is 36.9 Å². The Morgan fingerprint density at radius 3 is 2.79 bits per heavy atom. The average molecular weight is 200 g/mol. The molecule has 0 radical (unpaired) electrons. The Bertz CT molecular complexity index is 489. The van der Waals surface area contributed by atoms with Crippen molar-refractivity contribution in [2.75, 3.05) is 0 Å². The number of rotatable bonds is 2. The van der Waals surface area contributed by atoms with Crippen molar-refractivity contribution in [3.05, 3.63) is 47.4 Å². The molecular weight excluding hydrogens is 188 g/mol. The molecule has 0 bridgehead atoms. The van der Waals surface area contributed by atoms with Crippen LogP contribution in [0.4, 0.5) is 0 Å². The molecule has 0 spiro atoms. The largest absolute Gasteiger partial charge is 0.135 e. The number of thiophene rings is 1. The molecule has 1 aromatic carbocycles. The zero-order chi connectivity index (χ0) is 9.97. The fourth-order valence-corrected chi connectivity index (χ4v) is 2.62. The van der Waals surface area contributed by atoms with Gasteiger partial charge in [-0.05, 0) is 18.6 Å². The molecule has 0 aliphatic heterocycles. The summed E-state index contributed by atoms with van der Waals surface area (Å²) in [5, 5.41) is 1.32.